The Bertz CT molecular complexity index is 610. The zero-order valence-electron chi connectivity index (χ0n) is 15.3. The van der Waals surface area contributed by atoms with Gasteiger partial charge in [0.2, 0.25) is 0 Å². The maximum atomic E-state index is 13.1. The van der Waals surface area contributed by atoms with Crippen molar-refractivity contribution in [3.63, 3.8) is 0 Å². The fourth-order valence-corrected chi connectivity index (χ4v) is 2.69. The van der Waals surface area contributed by atoms with Gasteiger partial charge in [-0.25, -0.2) is 0 Å². The topological polar surface area (TPSA) is 35.5 Å². The number of allylic oxidation sites excluding steroid dienone is 1. The van der Waals surface area contributed by atoms with Crippen molar-refractivity contribution in [3.8, 4) is 5.75 Å². The van der Waals surface area contributed by atoms with Crippen LogP contribution in [0.3, 0.4) is 0 Å². The van der Waals surface area contributed by atoms with Gasteiger partial charge in [0.05, 0.1) is 11.5 Å². The number of Topliss-reactive ketones (excluding diaryl/α,β-unsaturated/α-hetero) is 1. The quantitative estimate of drug-likeness (QED) is 0.779. The van der Waals surface area contributed by atoms with E-state index in [1.807, 2.05) is 52.0 Å². The highest BCUT2D eigenvalue weighted by molar-refractivity contribution is 5.99. The summed E-state index contributed by atoms with van der Waals surface area (Å²) in [5.74, 6) is 1.03. The van der Waals surface area contributed by atoms with E-state index >= 15 is 0 Å². The Labute approximate surface area is 139 Å². The molecule has 1 atom stereocenters. The molecule has 1 aromatic carbocycles. The standard InChI is InChI=1S/C20H28O3/c1-13-8-10-14(11-9-13)23-18-16(20(5,6)7)17(21)15(12-22-18)19(2,3)4/h8-11,15H,12H2,1-7H3. The molecule has 1 aromatic rings. The molecular weight excluding hydrogens is 288 g/mol. The number of hydrogen-bond donors (Lipinski definition) is 0. The highest BCUT2D eigenvalue weighted by atomic mass is 16.7. The fraction of sp³-hybridized carbons (Fsp3) is 0.550. The van der Waals surface area contributed by atoms with Gasteiger partial charge >= 0.3 is 0 Å². The van der Waals surface area contributed by atoms with E-state index in [2.05, 4.69) is 20.8 Å². The van der Waals surface area contributed by atoms with Gasteiger partial charge in [-0.2, -0.15) is 0 Å². The zero-order chi connectivity index (χ0) is 17.4. The molecule has 0 aromatic heterocycles. The molecule has 23 heavy (non-hydrogen) atoms. The number of ketones is 1. The Hall–Kier alpha value is -1.77. The molecule has 1 aliphatic heterocycles. The monoisotopic (exact) mass is 316 g/mol. The third-order valence-corrected chi connectivity index (χ3v) is 4.18. The maximum Gasteiger partial charge on any atom is 0.292 e. The van der Waals surface area contributed by atoms with Gasteiger partial charge < -0.3 is 9.47 Å². The summed E-state index contributed by atoms with van der Waals surface area (Å²) >= 11 is 0. The van der Waals surface area contributed by atoms with Crippen LogP contribution in [0.4, 0.5) is 0 Å². The molecule has 3 nitrogen and oxygen atoms in total. The number of benzene rings is 1. The molecule has 0 amide bonds. The summed E-state index contributed by atoms with van der Waals surface area (Å²) in [5.41, 5.74) is 1.34. The molecule has 0 N–H and O–H groups in total. The van der Waals surface area contributed by atoms with Crippen LogP contribution in [0.15, 0.2) is 35.8 Å². The predicted molar refractivity (Wildman–Crippen MR) is 92.2 cm³/mol. The second-order valence-electron chi connectivity index (χ2n) is 8.42. The Balaban J connectivity index is 2.41. The van der Waals surface area contributed by atoms with Crippen LogP contribution in [0.2, 0.25) is 0 Å². The lowest BCUT2D eigenvalue weighted by Crippen LogP contribution is -2.41. The number of aryl methyl sites for hydroxylation is 1. The summed E-state index contributed by atoms with van der Waals surface area (Å²) in [6, 6.07) is 7.75. The van der Waals surface area contributed by atoms with Gasteiger partial charge in [-0.1, -0.05) is 59.2 Å². The first kappa shape index (κ1) is 17.6. The second kappa shape index (κ2) is 6.03. The minimum atomic E-state index is -0.332. The lowest BCUT2D eigenvalue weighted by atomic mass is 9.71. The average Bonchev–Trinajstić information content (AvgIpc) is 2.38. The van der Waals surface area contributed by atoms with E-state index in [1.165, 1.54) is 0 Å². The molecule has 0 radical (unpaired) electrons. The number of rotatable bonds is 2. The first-order valence-corrected chi connectivity index (χ1v) is 8.16. The Kier molecular flexibility index (Phi) is 4.61. The molecular formula is C20H28O3. The van der Waals surface area contributed by atoms with Crippen molar-refractivity contribution in [1.82, 2.24) is 0 Å². The molecule has 0 saturated heterocycles. The fourth-order valence-electron chi connectivity index (χ4n) is 2.69. The minimum absolute atomic E-state index is 0.136. The molecule has 1 unspecified atom stereocenters. The van der Waals surface area contributed by atoms with E-state index < -0.39 is 0 Å². The summed E-state index contributed by atoms with van der Waals surface area (Å²) in [6.07, 6.45) is 0. The third kappa shape index (κ3) is 3.95. The normalized spacial score (nSPS) is 19.6. The number of hydrogen-bond acceptors (Lipinski definition) is 3. The van der Waals surface area contributed by atoms with Gasteiger partial charge in [-0.05, 0) is 29.9 Å². The van der Waals surface area contributed by atoms with Gasteiger partial charge in [-0.15, -0.1) is 0 Å². The van der Waals surface area contributed by atoms with Crippen LogP contribution in [0.1, 0.15) is 47.1 Å². The molecule has 0 spiro atoms. The van der Waals surface area contributed by atoms with E-state index in [0.717, 1.165) is 5.56 Å². The van der Waals surface area contributed by atoms with Crippen molar-refractivity contribution in [2.75, 3.05) is 6.61 Å². The van der Waals surface area contributed by atoms with Crippen LogP contribution in [0.25, 0.3) is 0 Å². The maximum absolute atomic E-state index is 13.1. The lowest BCUT2D eigenvalue weighted by molar-refractivity contribution is -0.129. The first-order chi connectivity index (χ1) is 10.5. The molecule has 0 bridgehead atoms. The SMILES string of the molecule is Cc1ccc(OC2=C(C(C)(C)C)C(=O)C(C(C)(C)C)CO2)cc1. The Morgan fingerprint density at radius 1 is 1.04 bits per heavy atom. The first-order valence-electron chi connectivity index (χ1n) is 8.16. The highest BCUT2D eigenvalue weighted by Gasteiger charge is 2.43. The molecule has 1 heterocycles. The van der Waals surface area contributed by atoms with Crippen molar-refractivity contribution in [1.29, 1.82) is 0 Å². The van der Waals surface area contributed by atoms with Crippen LogP contribution in [0.5, 0.6) is 5.75 Å². The van der Waals surface area contributed by atoms with Crippen molar-refractivity contribution in [2.45, 2.75) is 48.5 Å². The molecule has 1 aliphatic rings. The number of ether oxygens (including phenoxy) is 2. The summed E-state index contributed by atoms with van der Waals surface area (Å²) in [4.78, 5) is 13.1. The minimum Gasteiger partial charge on any atom is -0.464 e. The van der Waals surface area contributed by atoms with Crippen molar-refractivity contribution >= 4 is 5.78 Å². The number of carbonyl (C=O) groups excluding carboxylic acids is 1. The Morgan fingerprint density at radius 3 is 2.09 bits per heavy atom. The van der Waals surface area contributed by atoms with Crippen molar-refractivity contribution in [3.05, 3.63) is 41.3 Å². The van der Waals surface area contributed by atoms with Crippen molar-refractivity contribution < 1.29 is 14.3 Å². The highest BCUT2D eigenvalue weighted by Crippen LogP contribution is 2.40. The molecule has 0 fully saturated rings. The summed E-state index contributed by atoms with van der Waals surface area (Å²) in [5, 5.41) is 0. The largest absolute Gasteiger partial charge is 0.464 e. The third-order valence-electron chi connectivity index (χ3n) is 4.18. The van der Waals surface area contributed by atoms with E-state index in [-0.39, 0.29) is 22.5 Å². The predicted octanol–water partition coefficient (Wildman–Crippen LogP) is 4.89. The van der Waals surface area contributed by atoms with Crippen molar-refractivity contribution in [2.24, 2.45) is 16.7 Å². The molecule has 3 heteroatoms. The summed E-state index contributed by atoms with van der Waals surface area (Å²) in [6.45, 7) is 14.7. The van der Waals surface area contributed by atoms with E-state index in [1.54, 1.807) is 0 Å². The average molecular weight is 316 g/mol. The van der Waals surface area contributed by atoms with Crippen LogP contribution in [-0.4, -0.2) is 12.4 Å². The van der Waals surface area contributed by atoms with Gasteiger partial charge in [0.15, 0.2) is 5.78 Å². The zero-order valence-corrected chi connectivity index (χ0v) is 15.3. The van der Waals surface area contributed by atoms with Gasteiger partial charge in [0.1, 0.15) is 12.4 Å². The lowest BCUT2D eigenvalue weighted by Gasteiger charge is -2.37. The molecule has 126 valence electrons. The molecule has 2 rings (SSSR count). The molecule has 0 aliphatic carbocycles. The Morgan fingerprint density at radius 2 is 1.61 bits per heavy atom. The van der Waals surface area contributed by atoms with Crippen LogP contribution < -0.4 is 4.74 Å². The summed E-state index contributed by atoms with van der Waals surface area (Å²) < 4.78 is 11.8. The van der Waals surface area contributed by atoms with Gasteiger partial charge in [0.25, 0.3) is 5.95 Å². The van der Waals surface area contributed by atoms with Gasteiger partial charge in [-0.3, -0.25) is 4.79 Å². The van der Waals surface area contributed by atoms with Crippen LogP contribution in [-0.2, 0) is 9.53 Å². The van der Waals surface area contributed by atoms with E-state index in [9.17, 15) is 4.79 Å². The van der Waals surface area contributed by atoms with Crippen LogP contribution in [0, 0.1) is 23.7 Å². The van der Waals surface area contributed by atoms with Crippen LogP contribution >= 0.6 is 0 Å². The van der Waals surface area contributed by atoms with E-state index in [4.69, 9.17) is 9.47 Å². The molecule has 0 saturated carbocycles. The van der Waals surface area contributed by atoms with Gasteiger partial charge in [0, 0.05) is 0 Å². The number of carbonyl (C=O) groups is 1. The summed E-state index contributed by atoms with van der Waals surface area (Å²) in [7, 11) is 0. The van der Waals surface area contributed by atoms with E-state index in [0.29, 0.717) is 23.9 Å². The second-order valence-corrected chi connectivity index (χ2v) is 8.42. The smallest absolute Gasteiger partial charge is 0.292 e.